The van der Waals surface area contributed by atoms with Crippen molar-refractivity contribution in [3.05, 3.63) is 65.7 Å². The van der Waals surface area contributed by atoms with Gasteiger partial charge in [-0.1, -0.05) is 54.6 Å². The molecule has 2 aliphatic heterocycles. The van der Waals surface area contributed by atoms with Gasteiger partial charge in [-0.3, -0.25) is 9.59 Å². The first-order valence-electron chi connectivity index (χ1n) is 13.0. The molecule has 2 fully saturated rings. The predicted octanol–water partition coefficient (Wildman–Crippen LogP) is 2.99. The smallest absolute Gasteiger partial charge is 0.246 e. The van der Waals surface area contributed by atoms with Gasteiger partial charge in [-0.2, -0.15) is 4.80 Å². The normalized spacial score (nSPS) is 19.1. The van der Waals surface area contributed by atoms with E-state index in [1.54, 1.807) is 0 Å². The minimum atomic E-state index is 0.0307. The molecule has 0 radical (unpaired) electrons. The molecular formula is C28H32N6O2. The van der Waals surface area contributed by atoms with E-state index in [0.717, 1.165) is 63.8 Å². The van der Waals surface area contributed by atoms with Gasteiger partial charge in [0.15, 0.2) is 0 Å². The maximum Gasteiger partial charge on any atom is 0.246 e. The summed E-state index contributed by atoms with van der Waals surface area (Å²) in [5.41, 5.74) is 3.82. The molecule has 0 atom stereocenters. The van der Waals surface area contributed by atoms with Crippen LogP contribution in [0.25, 0.3) is 11.4 Å². The van der Waals surface area contributed by atoms with Crippen molar-refractivity contribution in [2.75, 3.05) is 26.2 Å². The lowest BCUT2D eigenvalue weighted by Gasteiger charge is -2.39. The van der Waals surface area contributed by atoms with Gasteiger partial charge >= 0.3 is 0 Å². The number of likely N-dealkylation sites (tertiary alicyclic amines) is 2. The van der Waals surface area contributed by atoms with Crippen LogP contribution in [-0.4, -0.2) is 68.0 Å². The second-order valence-electron chi connectivity index (χ2n) is 10.7. The van der Waals surface area contributed by atoms with Gasteiger partial charge in [0, 0.05) is 38.2 Å². The highest BCUT2D eigenvalue weighted by atomic mass is 16.2. The quantitative estimate of drug-likeness (QED) is 0.556. The molecule has 0 saturated carbocycles. The molecule has 2 amide bonds. The molecule has 36 heavy (non-hydrogen) atoms. The van der Waals surface area contributed by atoms with Crippen LogP contribution in [0.3, 0.4) is 0 Å². The Hall–Kier alpha value is -3.55. The van der Waals surface area contributed by atoms with Crippen molar-refractivity contribution in [3.63, 3.8) is 0 Å². The minimum Gasteiger partial charge on any atom is -0.343 e. The third kappa shape index (κ3) is 4.64. The molecule has 0 N–H and O–H groups in total. The van der Waals surface area contributed by atoms with E-state index in [-0.39, 0.29) is 17.9 Å². The second-order valence-corrected chi connectivity index (χ2v) is 10.7. The topological polar surface area (TPSA) is 84.2 Å². The van der Waals surface area contributed by atoms with E-state index in [0.29, 0.717) is 24.1 Å². The van der Waals surface area contributed by atoms with E-state index < -0.39 is 0 Å². The molecule has 6 rings (SSSR count). The van der Waals surface area contributed by atoms with Crippen molar-refractivity contribution in [1.82, 2.24) is 30.0 Å². The first-order valence-corrected chi connectivity index (χ1v) is 13.0. The summed E-state index contributed by atoms with van der Waals surface area (Å²) in [7, 11) is 0. The van der Waals surface area contributed by atoms with Crippen molar-refractivity contribution in [1.29, 1.82) is 0 Å². The molecule has 1 aliphatic carbocycles. The van der Waals surface area contributed by atoms with Crippen LogP contribution in [0.1, 0.15) is 36.8 Å². The van der Waals surface area contributed by atoms with Gasteiger partial charge < -0.3 is 9.80 Å². The number of carbonyl (C=O) groups excluding carboxylic acids is 2. The number of tetrazole rings is 1. The van der Waals surface area contributed by atoms with E-state index in [1.165, 1.54) is 15.9 Å². The molecule has 3 aromatic rings. The highest BCUT2D eigenvalue weighted by molar-refractivity contribution is 5.77. The second kappa shape index (κ2) is 9.48. The van der Waals surface area contributed by atoms with E-state index in [2.05, 4.69) is 44.6 Å². The molecule has 2 aromatic carbocycles. The summed E-state index contributed by atoms with van der Waals surface area (Å²) in [6.07, 6.45) is 5.61. The Morgan fingerprint density at radius 3 is 2.17 bits per heavy atom. The number of piperidine rings is 1. The Bertz CT molecular complexity index is 1220. The molecule has 0 bridgehead atoms. The van der Waals surface area contributed by atoms with Crippen LogP contribution in [-0.2, 0) is 29.0 Å². The molecule has 0 unspecified atom stereocenters. The van der Waals surface area contributed by atoms with E-state index in [4.69, 9.17) is 0 Å². The number of carbonyl (C=O) groups is 2. The van der Waals surface area contributed by atoms with E-state index in [9.17, 15) is 9.59 Å². The first-order chi connectivity index (χ1) is 17.6. The lowest BCUT2D eigenvalue weighted by molar-refractivity contribution is -0.135. The number of hydrogen-bond acceptors (Lipinski definition) is 5. The monoisotopic (exact) mass is 484 g/mol. The average molecular weight is 485 g/mol. The molecule has 3 aliphatic rings. The van der Waals surface area contributed by atoms with E-state index in [1.807, 2.05) is 35.2 Å². The van der Waals surface area contributed by atoms with Gasteiger partial charge in [0.05, 0.1) is 0 Å². The van der Waals surface area contributed by atoms with Crippen LogP contribution in [0.15, 0.2) is 54.6 Å². The Morgan fingerprint density at radius 2 is 1.47 bits per heavy atom. The minimum absolute atomic E-state index is 0.0307. The summed E-state index contributed by atoms with van der Waals surface area (Å²) in [6.45, 7) is 3.21. The van der Waals surface area contributed by atoms with Crippen molar-refractivity contribution >= 4 is 11.8 Å². The maximum absolute atomic E-state index is 13.0. The zero-order valence-corrected chi connectivity index (χ0v) is 20.6. The summed E-state index contributed by atoms with van der Waals surface area (Å²) < 4.78 is 0. The summed E-state index contributed by atoms with van der Waals surface area (Å²) in [6, 6.07) is 18.2. The van der Waals surface area contributed by atoms with Gasteiger partial charge in [0.2, 0.25) is 17.6 Å². The van der Waals surface area contributed by atoms with Crippen LogP contribution in [0, 0.1) is 11.3 Å². The van der Waals surface area contributed by atoms with Crippen molar-refractivity contribution < 1.29 is 9.59 Å². The Morgan fingerprint density at radius 1 is 0.833 bits per heavy atom. The third-order valence-electron chi connectivity index (χ3n) is 8.33. The standard InChI is InChI=1S/C28H32N6O2/c35-25(18-21-16-23-8-4-5-9-24(23)17-21)32-13-10-28(11-14-32)12-15-33(20-28)26(36)19-34-30-27(29-31-34)22-6-2-1-3-7-22/h1-9,21H,10-20H2. The number of rotatable bonds is 5. The zero-order chi connectivity index (χ0) is 24.5. The number of aromatic nitrogens is 4. The van der Waals surface area contributed by atoms with Gasteiger partial charge in [-0.25, -0.2) is 0 Å². The van der Waals surface area contributed by atoms with Crippen LogP contribution < -0.4 is 0 Å². The molecule has 1 spiro atoms. The fourth-order valence-electron chi connectivity index (χ4n) is 6.19. The van der Waals surface area contributed by atoms with Gasteiger partial charge in [-0.15, -0.1) is 10.2 Å². The Labute approximate surface area is 211 Å². The molecule has 186 valence electrons. The van der Waals surface area contributed by atoms with Crippen molar-refractivity contribution in [3.8, 4) is 11.4 Å². The molecule has 8 nitrogen and oxygen atoms in total. The molecule has 2 saturated heterocycles. The van der Waals surface area contributed by atoms with Gasteiger partial charge in [-0.05, 0) is 59.8 Å². The highest BCUT2D eigenvalue weighted by Gasteiger charge is 2.43. The molecular weight excluding hydrogens is 452 g/mol. The van der Waals surface area contributed by atoms with Gasteiger partial charge in [0.25, 0.3) is 0 Å². The van der Waals surface area contributed by atoms with Crippen molar-refractivity contribution in [2.45, 2.75) is 45.1 Å². The Balaban J connectivity index is 0.987. The van der Waals surface area contributed by atoms with Crippen LogP contribution in [0.5, 0.6) is 0 Å². The largest absolute Gasteiger partial charge is 0.343 e. The lowest BCUT2D eigenvalue weighted by Crippen LogP contribution is -2.45. The first kappa shape index (κ1) is 22.9. The fourth-order valence-corrected chi connectivity index (χ4v) is 6.19. The van der Waals surface area contributed by atoms with E-state index >= 15 is 0 Å². The van der Waals surface area contributed by atoms with Crippen LogP contribution in [0.4, 0.5) is 0 Å². The number of fused-ring (bicyclic) bond motifs is 1. The lowest BCUT2D eigenvalue weighted by atomic mass is 9.77. The molecule has 3 heterocycles. The number of nitrogens with zero attached hydrogens (tertiary/aromatic N) is 6. The van der Waals surface area contributed by atoms with Crippen LogP contribution >= 0.6 is 0 Å². The van der Waals surface area contributed by atoms with Crippen LogP contribution in [0.2, 0.25) is 0 Å². The van der Waals surface area contributed by atoms with Gasteiger partial charge in [0.1, 0.15) is 6.54 Å². The third-order valence-corrected chi connectivity index (χ3v) is 8.33. The summed E-state index contributed by atoms with van der Waals surface area (Å²) in [4.78, 5) is 31.4. The Kier molecular flexibility index (Phi) is 6.03. The van der Waals surface area contributed by atoms with Crippen molar-refractivity contribution in [2.24, 2.45) is 11.3 Å². The fraction of sp³-hybridized carbons (Fsp3) is 0.464. The molecule has 8 heteroatoms. The predicted molar refractivity (Wildman–Crippen MR) is 135 cm³/mol. The summed E-state index contributed by atoms with van der Waals surface area (Å²) in [5.74, 6) is 1.28. The SMILES string of the molecule is O=C(CC1Cc2ccccc2C1)N1CCC2(CC1)CCN(C(=O)Cn1nnc(-c3ccccc3)n1)C2. The number of benzene rings is 2. The summed E-state index contributed by atoms with van der Waals surface area (Å²) in [5, 5.41) is 12.6. The zero-order valence-electron chi connectivity index (χ0n) is 20.6. The maximum atomic E-state index is 13.0. The summed E-state index contributed by atoms with van der Waals surface area (Å²) >= 11 is 0. The number of hydrogen-bond donors (Lipinski definition) is 0. The average Bonchev–Trinajstić information content (AvgIpc) is 3.64. The highest BCUT2D eigenvalue weighted by Crippen LogP contribution is 2.41. The number of amides is 2. The molecule has 1 aromatic heterocycles.